The van der Waals surface area contributed by atoms with Gasteiger partial charge in [0.15, 0.2) is 0 Å². The summed E-state index contributed by atoms with van der Waals surface area (Å²) >= 11 is 0. The third-order valence-corrected chi connectivity index (χ3v) is 1.72. The number of carbonyl (C=O) groups excluding carboxylic acids is 2. The minimum Gasteiger partial charge on any atom is -0.339 e. The Labute approximate surface area is 64.2 Å². The summed E-state index contributed by atoms with van der Waals surface area (Å²) in [5.41, 5.74) is 0. The van der Waals surface area contributed by atoms with Gasteiger partial charge in [-0.2, -0.15) is 0 Å². The highest BCUT2D eigenvalue weighted by Gasteiger charge is 2.22. The van der Waals surface area contributed by atoms with E-state index in [9.17, 15) is 14.0 Å². The maximum Gasteiger partial charge on any atom is 0.230 e. The van der Waals surface area contributed by atoms with Crippen LogP contribution in [0.5, 0.6) is 0 Å². The number of amides is 1. The van der Waals surface area contributed by atoms with E-state index in [0.29, 0.717) is 13.0 Å². The lowest BCUT2D eigenvalue weighted by atomic mass is 10.1. The largest absolute Gasteiger partial charge is 0.339 e. The molecule has 0 spiro atoms. The van der Waals surface area contributed by atoms with Gasteiger partial charge in [-0.1, -0.05) is 0 Å². The Hall–Kier alpha value is -0.930. The molecule has 0 radical (unpaired) electrons. The molecule has 0 unspecified atom stereocenters. The molecule has 1 aliphatic rings. The second-order valence-electron chi connectivity index (χ2n) is 2.54. The quantitative estimate of drug-likeness (QED) is 0.538. The molecule has 1 fully saturated rings. The summed E-state index contributed by atoms with van der Waals surface area (Å²) in [5, 5.41) is 0. The first kappa shape index (κ1) is 8.17. The van der Waals surface area contributed by atoms with Gasteiger partial charge in [-0.15, -0.1) is 0 Å². The lowest BCUT2D eigenvalue weighted by Crippen LogP contribution is -2.40. The average molecular weight is 159 g/mol. The van der Waals surface area contributed by atoms with Crippen LogP contribution < -0.4 is 0 Å². The summed E-state index contributed by atoms with van der Waals surface area (Å²) in [5.74, 6) is -0.274. The van der Waals surface area contributed by atoms with Crippen LogP contribution >= 0.6 is 0 Å². The lowest BCUT2D eigenvalue weighted by Gasteiger charge is -2.24. The Kier molecular flexibility index (Phi) is 2.57. The second-order valence-corrected chi connectivity index (χ2v) is 2.54. The number of rotatable bonds is 2. The molecule has 0 aromatic heterocycles. The molecule has 0 atom stereocenters. The minimum atomic E-state index is -0.528. The molecular weight excluding hydrogens is 149 g/mol. The van der Waals surface area contributed by atoms with Crippen molar-refractivity contribution in [2.45, 2.75) is 12.8 Å². The molecule has 1 saturated heterocycles. The van der Waals surface area contributed by atoms with Crippen molar-refractivity contribution in [2.24, 2.45) is 0 Å². The van der Waals surface area contributed by atoms with E-state index in [1.165, 1.54) is 4.90 Å². The smallest absolute Gasteiger partial charge is 0.230 e. The van der Waals surface area contributed by atoms with E-state index in [-0.39, 0.29) is 24.7 Å². The molecule has 0 aromatic carbocycles. The zero-order valence-electron chi connectivity index (χ0n) is 6.18. The molecule has 0 N–H and O–H groups in total. The molecular formula is C7H10FNO2. The molecule has 3 nitrogen and oxygen atoms in total. The van der Waals surface area contributed by atoms with Crippen LogP contribution in [0.4, 0.5) is 4.39 Å². The summed E-state index contributed by atoms with van der Waals surface area (Å²) in [4.78, 5) is 23.0. The summed E-state index contributed by atoms with van der Waals surface area (Å²) in [6, 6.07) is 0. The fourth-order valence-electron chi connectivity index (χ4n) is 1.09. The maximum atomic E-state index is 11.8. The normalized spacial score (nSPS) is 19.2. The molecule has 0 aromatic rings. The van der Waals surface area contributed by atoms with Crippen molar-refractivity contribution >= 4 is 11.7 Å². The van der Waals surface area contributed by atoms with E-state index in [1.807, 2.05) is 0 Å². The number of halogens is 1. The van der Waals surface area contributed by atoms with Gasteiger partial charge in [-0.3, -0.25) is 9.59 Å². The van der Waals surface area contributed by atoms with Gasteiger partial charge in [0, 0.05) is 19.5 Å². The van der Waals surface area contributed by atoms with Gasteiger partial charge < -0.3 is 4.90 Å². The van der Waals surface area contributed by atoms with E-state index in [2.05, 4.69) is 0 Å². The van der Waals surface area contributed by atoms with Crippen LogP contribution in [0.2, 0.25) is 0 Å². The number of nitrogens with zero attached hydrogens (tertiary/aromatic N) is 1. The predicted octanol–water partition coefficient (Wildman–Crippen LogP) is 0.147. The van der Waals surface area contributed by atoms with E-state index in [4.69, 9.17) is 0 Å². The SMILES string of the molecule is O=C1CCN(CCF)C(=O)C1. The summed E-state index contributed by atoms with van der Waals surface area (Å²) in [6.45, 7) is -0.00632. The van der Waals surface area contributed by atoms with Crippen molar-refractivity contribution in [3.8, 4) is 0 Å². The second kappa shape index (κ2) is 3.46. The van der Waals surface area contributed by atoms with Crippen LogP contribution in [-0.4, -0.2) is 36.4 Å². The van der Waals surface area contributed by atoms with Gasteiger partial charge in [0.1, 0.15) is 12.5 Å². The number of ketones is 1. The molecule has 0 bridgehead atoms. The highest BCUT2D eigenvalue weighted by Crippen LogP contribution is 2.06. The Morgan fingerprint density at radius 1 is 1.45 bits per heavy atom. The number of hydrogen-bond acceptors (Lipinski definition) is 2. The number of carbonyl (C=O) groups is 2. The monoisotopic (exact) mass is 159 g/mol. The first-order chi connectivity index (χ1) is 5.24. The van der Waals surface area contributed by atoms with Crippen LogP contribution in [0.25, 0.3) is 0 Å². The summed E-state index contributed by atoms with van der Waals surface area (Å²) in [7, 11) is 0. The van der Waals surface area contributed by atoms with Crippen LogP contribution in [0.3, 0.4) is 0 Å². The van der Waals surface area contributed by atoms with Gasteiger partial charge in [0.05, 0.1) is 6.42 Å². The highest BCUT2D eigenvalue weighted by molar-refractivity contribution is 6.00. The fourth-order valence-corrected chi connectivity index (χ4v) is 1.09. The lowest BCUT2D eigenvalue weighted by molar-refractivity contribution is -0.139. The van der Waals surface area contributed by atoms with Crippen LogP contribution in [0.1, 0.15) is 12.8 Å². The van der Waals surface area contributed by atoms with Crippen molar-refractivity contribution in [2.75, 3.05) is 19.8 Å². The van der Waals surface area contributed by atoms with Crippen molar-refractivity contribution in [3.63, 3.8) is 0 Å². The first-order valence-electron chi connectivity index (χ1n) is 3.59. The minimum absolute atomic E-state index is 0.0369. The van der Waals surface area contributed by atoms with Gasteiger partial charge in [-0.25, -0.2) is 4.39 Å². The van der Waals surface area contributed by atoms with Crippen LogP contribution in [-0.2, 0) is 9.59 Å². The fraction of sp³-hybridized carbons (Fsp3) is 0.714. The zero-order chi connectivity index (χ0) is 8.27. The van der Waals surface area contributed by atoms with Crippen molar-refractivity contribution in [1.29, 1.82) is 0 Å². The third-order valence-electron chi connectivity index (χ3n) is 1.72. The molecule has 1 aliphatic heterocycles. The molecule has 0 aliphatic carbocycles. The number of hydrogen-bond donors (Lipinski definition) is 0. The number of likely N-dealkylation sites (tertiary alicyclic amines) is 1. The number of piperidine rings is 1. The van der Waals surface area contributed by atoms with Gasteiger partial charge in [-0.05, 0) is 0 Å². The zero-order valence-corrected chi connectivity index (χ0v) is 6.18. The van der Waals surface area contributed by atoms with Crippen LogP contribution in [0.15, 0.2) is 0 Å². The summed E-state index contributed by atoms with van der Waals surface area (Å²) in [6.07, 6.45) is 0.339. The molecule has 1 rings (SSSR count). The van der Waals surface area contributed by atoms with Crippen molar-refractivity contribution < 1.29 is 14.0 Å². The topological polar surface area (TPSA) is 37.4 Å². The Morgan fingerprint density at radius 3 is 2.73 bits per heavy atom. The molecule has 1 heterocycles. The molecule has 0 saturated carbocycles. The molecule has 62 valence electrons. The van der Waals surface area contributed by atoms with Gasteiger partial charge in [0.2, 0.25) is 5.91 Å². The number of alkyl halides is 1. The highest BCUT2D eigenvalue weighted by atomic mass is 19.1. The molecule has 11 heavy (non-hydrogen) atoms. The molecule has 1 amide bonds. The molecule has 4 heteroatoms. The van der Waals surface area contributed by atoms with Gasteiger partial charge >= 0.3 is 0 Å². The summed E-state index contributed by atoms with van der Waals surface area (Å²) < 4.78 is 11.8. The van der Waals surface area contributed by atoms with E-state index < -0.39 is 6.67 Å². The number of Topliss-reactive ketones (excluding diaryl/α,β-unsaturated/α-hetero) is 1. The predicted molar refractivity (Wildman–Crippen MR) is 36.8 cm³/mol. The average Bonchev–Trinajstić information content (AvgIpc) is 1.95. The Bertz CT molecular complexity index is 181. The Balaban J connectivity index is 2.44. The van der Waals surface area contributed by atoms with Crippen molar-refractivity contribution in [3.05, 3.63) is 0 Å². The van der Waals surface area contributed by atoms with Gasteiger partial charge in [0.25, 0.3) is 0 Å². The first-order valence-corrected chi connectivity index (χ1v) is 3.59. The Morgan fingerprint density at radius 2 is 2.18 bits per heavy atom. The van der Waals surface area contributed by atoms with E-state index >= 15 is 0 Å². The van der Waals surface area contributed by atoms with Crippen molar-refractivity contribution in [1.82, 2.24) is 4.90 Å². The van der Waals surface area contributed by atoms with E-state index in [1.54, 1.807) is 0 Å². The maximum absolute atomic E-state index is 11.8. The van der Waals surface area contributed by atoms with E-state index in [0.717, 1.165) is 0 Å². The third kappa shape index (κ3) is 2.00. The standard InChI is InChI=1S/C7H10FNO2/c8-2-4-9-3-1-6(10)5-7(9)11/h1-5H2. The van der Waals surface area contributed by atoms with Crippen LogP contribution in [0, 0.1) is 0 Å².